The number of aryl methyl sites for hydroxylation is 1. The van der Waals surface area contributed by atoms with Gasteiger partial charge in [-0.15, -0.1) is 0 Å². The monoisotopic (exact) mass is 319 g/mol. The van der Waals surface area contributed by atoms with E-state index >= 15 is 0 Å². The number of benzene rings is 1. The van der Waals surface area contributed by atoms with Gasteiger partial charge in [-0.3, -0.25) is 4.79 Å². The van der Waals surface area contributed by atoms with Gasteiger partial charge < -0.3 is 15.5 Å². The first-order valence-electron chi connectivity index (χ1n) is 8.07. The molecule has 5 heteroatoms. The van der Waals surface area contributed by atoms with Crippen molar-refractivity contribution >= 4 is 34.6 Å². The summed E-state index contributed by atoms with van der Waals surface area (Å²) in [6, 6.07) is 6.04. The van der Waals surface area contributed by atoms with Crippen molar-refractivity contribution in [3.05, 3.63) is 23.8 Å². The van der Waals surface area contributed by atoms with Gasteiger partial charge in [0.1, 0.15) is 0 Å². The highest BCUT2D eigenvalue weighted by atomic mass is 32.1. The van der Waals surface area contributed by atoms with Crippen molar-refractivity contribution in [3.63, 3.8) is 0 Å². The number of amides is 1. The molecular weight excluding hydrogens is 294 g/mol. The van der Waals surface area contributed by atoms with Gasteiger partial charge in [0, 0.05) is 30.9 Å². The molecule has 1 aliphatic rings. The van der Waals surface area contributed by atoms with E-state index in [-0.39, 0.29) is 5.91 Å². The number of unbranched alkanes of at least 4 members (excludes halogenated alkanes) is 2. The second kappa shape index (κ2) is 8.13. The Labute approximate surface area is 138 Å². The summed E-state index contributed by atoms with van der Waals surface area (Å²) in [7, 11) is 0. The van der Waals surface area contributed by atoms with Crippen molar-refractivity contribution in [1.82, 2.24) is 5.32 Å². The SMILES string of the molecule is CCCCCNC(=S)Nc1ccc(C)c(N2CCCC2=O)c1. The first-order valence-corrected chi connectivity index (χ1v) is 8.48. The molecule has 1 saturated heterocycles. The van der Waals surface area contributed by atoms with E-state index in [0.717, 1.165) is 42.9 Å². The fourth-order valence-electron chi connectivity index (χ4n) is 2.63. The Kier molecular flexibility index (Phi) is 6.19. The topological polar surface area (TPSA) is 44.4 Å². The highest BCUT2D eigenvalue weighted by Crippen LogP contribution is 2.28. The summed E-state index contributed by atoms with van der Waals surface area (Å²) >= 11 is 5.32. The minimum atomic E-state index is 0.209. The summed E-state index contributed by atoms with van der Waals surface area (Å²) in [6.45, 7) is 5.92. The predicted octanol–water partition coefficient (Wildman–Crippen LogP) is 3.60. The normalized spacial score (nSPS) is 14.3. The van der Waals surface area contributed by atoms with E-state index in [9.17, 15) is 4.79 Å². The minimum absolute atomic E-state index is 0.209. The molecule has 2 N–H and O–H groups in total. The third-order valence-corrected chi connectivity index (χ3v) is 4.14. The van der Waals surface area contributed by atoms with Crippen LogP contribution in [-0.4, -0.2) is 24.1 Å². The number of anilines is 2. The van der Waals surface area contributed by atoms with Crippen molar-refractivity contribution in [2.75, 3.05) is 23.3 Å². The van der Waals surface area contributed by atoms with Gasteiger partial charge in [-0.25, -0.2) is 0 Å². The lowest BCUT2D eigenvalue weighted by atomic mass is 10.1. The zero-order valence-corrected chi connectivity index (χ0v) is 14.3. The Morgan fingerprint density at radius 2 is 2.18 bits per heavy atom. The van der Waals surface area contributed by atoms with Crippen LogP contribution in [0.25, 0.3) is 0 Å². The van der Waals surface area contributed by atoms with Crippen LogP contribution in [0.5, 0.6) is 0 Å². The average Bonchev–Trinajstić information content (AvgIpc) is 2.92. The predicted molar refractivity (Wildman–Crippen MR) is 96.5 cm³/mol. The Morgan fingerprint density at radius 3 is 2.86 bits per heavy atom. The van der Waals surface area contributed by atoms with Crippen LogP contribution in [-0.2, 0) is 4.79 Å². The lowest BCUT2D eigenvalue weighted by Gasteiger charge is -2.20. The number of carbonyl (C=O) groups excluding carboxylic acids is 1. The number of nitrogens with zero attached hydrogens (tertiary/aromatic N) is 1. The molecule has 1 aromatic carbocycles. The van der Waals surface area contributed by atoms with Gasteiger partial charge in [-0.2, -0.15) is 0 Å². The second-order valence-corrected chi connectivity index (χ2v) is 6.15. The molecule has 120 valence electrons. The molecule has 0 bridgehead atoms. The van der Waals surface area contributed by atoms with Gasteiger partial charge in [0.15, 0.2) is 5.11 Å². The molecule has 4 nitrogen and oxygen atoms in total. The molecule has 0 aromatic heterocycles. The van der Waals surface area contributed by atoms with Crippen LogP contribution in [0.3, 0.4) is 0 Å². The number of hydrogen-bond acceptors (Lipinski definition) is 2. The summed E-state index contributed by atoms with van der Waals surface area (Å²) in [6.07, 6.45) is 5.12. The first kappa shape index (κ1) is 16.7. The zero-order valence-electron chi connectivity index (χ0n) is 13.4. The lowest BCUT2D eigenvalue weighted by Crippen LogP contribution is -2.29. The van der Waals surface area contributed by atoms with Gasteiger partial charge in [0.25, 0.3) is 0 Å². The molecule has 0 saturated carbocycles. The summed E-state index contributed by atoms with van der Waals surface area (Å²) in [5.74, 6) is 0.209. The Bertz CT molecular complexity index is 545. The van der Waals surface area contributed by atoms with Crippen LogP contribution < -0.4 is 15.5 Å². The summed E-state index contributed by atoms with van der Waals surface area (Å²) in [5, 5.41) is 7.06. The molecule has 1 amide bonds. The summed E-state index contributed by atoms with van der Waals surface area (Å²) in [4.78, 5) is 13.8. The molecule has 0 radical (unpaired) electrons. The summed E-state index contributed by atoms with van der Waals surface area (Å²) in [5.41, 5.74) is 3.03. The van der Waals surface area contributed by atoms with Crippen molar-refractivity contribution in [2.24, 2.45) is 0 Å². The molecule has 0 aliphatic carbocycles. The van der Waals surface area contributed by atoms with Crippen molar-refractivity contribution in [1.29, 1.82) is 0 Å². The molecule has 1 aliphatic heterocycles. The largest absolute Gasteiger partial charge is 0.362 e. The third kappa shape index (κ3) is 4.44. The van der Waals surface area contributed by atoms with Crippen LogP contribution in [0.2, 0.25) is 0 Å². The number of nitrogens with one attached hydrogen (secondary N) is 2. The van der Waals surface area contributed by atoms with Crippen LogP contribution in [0, 0.1) is 6.92 Å². The van der Waals surface area contributed by atoms with E-state index in [1.807, 2.05) is 30.0 Å². The number of hydrogen-bond donors (Lipinski definition) is 2. The molecule has 1 fully saturated rings. The van der Waals surface area contributed by atoms with Gasteiger partial charge in [0.05, 0.1) is 0 Å². The quantitative estimate of drug-likeness (QED) is 0.621. The van der Waals surface area contributed by atoms with Crippen LogP contribution in [0.4, 0.5) is 11.4 Å². The molecule has 2 rings (SSSR count). The number of rotatable bonds is 6. The van der Waals surface area contributed by atoms with E-state index in [4.69, 9.17) is 12.2 Å². The van der Waals surface area contributed by atoms with Crippen molar-refractivity contribution in [3.8, 4) is 0 Å². The van der Waals surface area contributed by atoms with E-state index in [1.54, 1.807) is 0 Å². The van der Waals surface area contributed by atoms with Gasteiger partial charge in [0.2, 0.25) is 5.91 Å². The fourth-order valence-corrected chi connectivity index (χ4v) is 2.85. The third-order valence-electron chi connectivity index (χ3n) is 3.90. The summed E-state index contributed by atoms with van der Waals surface area (Å²) < 4.78 is 0. The number of carbonyl (C=O) groups is 1. The highest BCUT2D eigenvalue weighted by molar-refractivity contribution is 7.80. The van der Waals surface area contributed by atoms with Crippen molar-refractivity contribution < 1.29 is 4.79 Å². The van der Waals surface area contributed by atoms with Gasteiger partial charge >= 0.3 is 0 Å². The van der Waals surface area contributed by atoms with Gasteiger partial charge in [-0.1, -0.05) is 25.8 Å². The van der Waals surface area contributed by atoms with Crippen molar-refractivity contribution in [2.45, 2.75) is 46.0 Å². The lowest BCUT2D eigenvalue weighted by molar-refractivity contribution is -0.117. The average molecular weight is 319 g/mol. The Balaban J connectivity index is 1.97. The maximum absolute atomic E-state index is 11.9. The molecule has 0 unspecified atom stereocenters. The minimum Gasteiger partial charge on any atom is -0.362 e. The number of thiocarbonyl (C=S) groups is 1. The first-order chi connectivity index (χ1) is 10.6. The maximum atomic E-state index is 11.9. The molecule has 1 heterocycles. The molecular formula is C17H25N3OS. The standard InChI is InChI=1S/C17H25N3OS/c1-3-4-5-10-18-17(22)19-14-9-8-13(2)15(12-14)20-11-6-7-16(20)21/h8-9,12H,3-7,10-11H2,1-2H3,(H2,18,19,22). The van der Waals surface area contributed by atoms with Crippen LogP contribution in [0.15, 0.2) is 18.2 Å². The van der Waals surface area contributed by atoms with Crippen LogP contribution >= 0.6 is 12.2 Å². The smallest absolute Gasteiger partial charge is 0.227 e. The zero-order chi connectivity index (χ0) is 15.9. The van der Waals surface area contributed by atoms with E-state index in [2.05, 4.69) is 17.6 Å². The maximum Gasteiger partial charge on any atom is 0.227 e. The van der Waals surface area contributed by atoms with Crippen LogP contribution in [0.1, 0.15) is 44.6 Å². The highest BCUT2D eigenvalue weighted by Gasteiger charge is 2.23. The molecule has 1 aromatic rings. The second-order valence-electron chi connectivity index (χ2n) is 5.74. The molecule has 0 spiro atoms. The van der Waals surface area contributed by atoms with E-state index in [1.165, 1.54) is 12.8 Å². The van der Waals surface area contributed by atoms with E-state index in [0.29, 0.717) is 11.5 Å². The molecule has 22 heavy (non-hydrogen) atoms. The Hall–Kier alpha value is -1.62. The Morgan fingerprint density at radius 1 is 1.36 bits per heavy atom. The van der Waals surface area contributed by atoms with Gasteiger partial charge in [-0.05, 0) is 49.7 Å². The van der Waals surface area contributed by atoms with E-state index < -0.39 is 0 Å². The molecule has 0 atom stereocenters. The fraction of sp³-hybridized carbons (Fsp3) is 0.529.